The van der Waals surface area contributed by atoms with Gasteiger partial charge >= 0.3 is 12.0 Å². The van der Waals surface area contributed by atoms with E-state index >= 15 is 0 Å². The second-order valence-electron chi connectivity index (χ2n) is 5.13. The van der Waals surface area contributed by atoms with E-state index in [1.807, 2.05) is 4.90 Å². The number of carbonyl (C=O) groups is 2. The van der Waals surface area contributed by atoms with Gasteiger partial charge in [0.1, 0.15) is 0 Å². The van der Waals surface area contributed by atoms with Crippen molar-refractivity contribution < 1.29 is 19.4 Å². The third-order valence-electron chi connectivity index (χ3n) is 3.77. The first kappa shape index (κ1) is 14.1. The minimum absolute atomic E-state index is 0.0467. The molecule has 0 aromatic carbocycles. The molecule has 0 bridgehead atoms. The lowest BCUT2D eigenvalue weighted by Gasteiger charge is -2.38. The van der Waals surface area contributed by atoms with Gasteiger partial charge in [0, 0.05) is 39.3 Å². The first-order chi connectivity index (χ1) is 9.08. The number of rotatable bonds is 4. The molecule has 0 radical (unpaired) electrons. The highest BCUT2D eigenvalue weighted by atomic mass is 16.5. The Kier molecular flexibility index (Phi) is 4.60. The lowest BCUT2D eigenvalue weighted by Crippen LogP contribution is -2.56. The molecule has 7 heteroatoms. The molecule has 2 aliphatic rings. The highest BCUT2D eigenvalue weighted by Gasteiger charge is 2.32. The maximum Gasteiger partial charge on any atom is 0.317 e. The van der Waals surface area contributed by atoms with Crippen LogP contribution in [0.25, 0.3) is 0 Å². The summed E-state index contributed by atoms with van der Waals surface area (Å²) in [5.41, 5.74) is 0. The molecular formula is C12H21N3O4. The lowest BCUT2D eigenvalue weighted by molar-refractivity contribution is -0.138. The molecular weight excluding hydrogens is 250 g/mol. The van der Waals surface area contributed by atoms with Crippen LogP contribution in [-0.2, 0) is 9.53 Å². The normalized spacial score (nSPS) is 27.7. The Bertz CT molecular complexity index is 336. The summed E-state index contributed by atoms with van der Waals surface area (Å²) >= 11 is 0. The highest BCUT2D eigenvalue weighted by molar-refractivity contribution is 5.75. The van der Waals surface area contributed by atoms with Gasteiger partial charge in [-0.25, -0.2) is 4.79 Å². The maximum absolute atomic E-state index is 12.0. The first-order valence-electron chi connectivity index (χ1n) is 6.61. The van der Waals surface area contributed by atoms with Crippen molar-refractivity contribution in [1.29, 1.82) is 0 Å². The summed E-state index contributed by atoms with van der Waals surface area (Å²) in [5, 5.41) is 11.7. The second-order valence-corrected chi connectivity index (χ2v) is 5.13. The topological polar surface area (TPSA) is 82.1 Å². The van der Waals surface area contributed by atoms with E-state index in [2.05, 4.69) is 5.32 Å². The molecule has 1 aliphatic carbocycles. The van der Waals surface area contributed by atoms with Crippen LogP contribution in [0.1, 0.15) is 12.8 Å². The predicted octanol–water partition coefficient (Wildman–Crippen LogP) is -0.424. The van der Waals surface area contributed by atoms with Gasteiger partial charge in [-0.15, -0.1) is 0 Å². The zero-order valence-electron chi connectivity index (χ0n) is 11.2. The van der Waals surface area contributed by atoms with Crippen LogP contribution in [0, 0.1) is 0 Å². The fraction of sp³-hybridized carbons (Fsp3) is 0.833. The molecule has 2 fully saturated rings. The third-order valence-corrected chi connectivity index (χ3v) is 3.77. The molecule has 19 heavy (non-hydrogen) atoms. The standard InChI is InChI=1S/C12H21N3O4/c1-19-10-6-9(7-10)13-12(18)15-4-2-14(3-5-15)8-11(16)17/h9-10H,2-8H2,1H3,(H,13,18)(H,16,17). The molecule has 108 valence electrons. The van der Waals surface area contributed by atoms with Crippen molar-refractivity contribution in [2.24, 2.45) is 0 Å². The van der Waals surface area contributed by atoms with Crippen LogP contribution in [0.4, 0.5) is 4.79 Å². The Morgan fingerprint density at radius 3 is 2.42 bits per heavy atom. The van der Waals surface area contributed by atoms with Crippen molar-refractivity contribution in [3.8, 4) is 0 Å². The number of nitrogens with zero attached hydrogens (tertiary/aromatic N) is 2. The predicted molar refractivity (Wildman–Crippen MR) is 68.0 cm³/mol. The molecule has 0 aromatic rings. The van der Waals surface area contributed by atoms with E-state index < -0.39 is 5.97 Å². The highest BCUT2D eigenvalue weighted by Crippen LogP contribution is 2.22. The van der Waals surface area contributed by atoms with Gasteiger partial charge in [0.2, 0.25) is 0 Å². The van der Waals surface area contributed by atoms with E-state index in [1.54, 1.807) is 12.0 Å². The van der Waals surface area contributed by atoms with Crippen molar-refractivity contribution in [2.45, 2.75) is 25.0 Å². The van der Waals surface area contributed by atoms with Gasteiger partial charge in [-0.3, -0.25) is 9.69 Å². The summed E-state index contributed by atoms with van der Waals surface area (Å²) in [7, 11) is 1.68. The summed E-state index contributed by atoms with van der Waals surface area (Å²) in [6.07, 6.45) is 2.03. The van der Waals surface area contributed by atoms with Crippen LogP contribution >= 0.6 is 0 Å². The fourth-order valence-electron chi connectivity index (χ4n) is 2.44. The van der Waals surface area contributed by atoms with Crippen LogP contribution in [0.5, 0.6) is 0 Å². The molecule has 1 saturated heterocycles. The Hall–Kier alpha value is -1.34. The minimum Gasteiger partial charge on any atom is -0.480 e. The summed E-state index contributed by atoms with van der Waals surface area (Å²) in [6.45, 7) is 2.45. The molecule has 2 rings (SSSR count). The van der Waals surface area contributed by atoms with E-state index in [0.717, 1.165) is 12.8 Å². The monoisotopic (exact) mass is 271 g/mol. The Morgan fingerprint density at radius 1 is 1.26 bits per heavy atom. The average Bonchev–Trinajstić information content (AvgIpc) is 2.33. The van der Waals surface area contributed by atoms with Crippen molar-refractivity contribution in [1.82, 2.24) is 15.1 Å². The van der Waals surface area contributed by atoms with Gasteiger partial charge in [0.25, 0.3) is 0 Å². The van der Waals surface area contributed by atoms with Gasteiger partial charge in [0.05, 0.1) is 12.6 Å². The second kappa shape index (κ2) is 6.21. The number of aliphatic carboxylic acids is 1. The molecule has 1 heterocycles. The Balaban J connectivity index is 1.66. The maximum atomic E-state index is 12.0. The Morgan fingerprint density at radius 2 is 1.89 bits per heavy atom. The number of amides is 2. The van der Waals surface area contributed by atoms with Crippen molar-refractivity contribution >= 4 is 12.0 Å². The molecule has 0 unspecified atom stereocenters. The summed E-state index contributed by atoms with van der Waals surface area (Å²) < 4.78 is 5.17. The van der Waals surface area contributed by atoms with Gasteiger partial charge < -0.3 is 20.1 Å². The zero-order chi connectivity index (χ0) is 13.8. The average molecular weight is 271 g/mol. The van der Waals surface area contributed by atoms with Gasteiger partial charge in [-0.05, 0) is 12.8 Å². The summed E-state index contributed by atoms with van der Waals surface area (Å²) in [6, 6.07) is 0.170. The summed E-state index contributed by atoms with van der Waals surface area (Å²) in [5.74, 6) is -0.821. The number of ether oxygens (including phenoxy) is 1. The largest absolute Gasteiger partial charge is 0.480 e. The molecule has 7 nitrogen and oxygen atoms in total. The SMILES string of the molecule is COC1CC(NC(=O)N2CCN(CC(=O)O)CC2)C1. The number of nitrogens with one attached hydrogen (secondary N) is 1. The van der Waals surface area contributed by atoms with Crippen LogP contribution in [0.15, 0.2) is 0 Å². The molecule has 0 spiro atoms. The van der Waals surface area contributed by atoms with Crippen LogP contribution in [0.2, 0.25) is 0 Å². The number of hydrogen-bond acceptors (Lipinski definition) is 4. The molecule has 0 aromatic heterocycles. The first-order valence-corrected chi connectivity index (χ1v) is 6.61. The van der Waals surface area contributed by atoms with E-state index in [-0.39, 0.29) is 24.7 Å². The zero-order valence-corrected chi connectivity index (χ0v) is 11.2. The number of carboxylic acid groups (broad SMARTS) is 1. The lowest BCUT2D eigenvalue weighted by atomic mass is 9.89. The van der Waals surface area contributed by atoms with Crippen molar-refractivity contribution in [3.05, 3.63) is 0 Å². The number of hydrogen-bond donors (Lipinski definition) is 2. The number of carbonyl (C=O) groups excluding carboxylic acids is 1. The molecule has 2 N–H and O–H groups in total. The quantitative estimate of drug-likeness (QED) is 0.725. The molecule has 2 amide bonds. The Labute approximate surface area is 112 Å². The van der Waals surface area contributed by atoms with Gasteiger partial charge in [-0.1, -0.05) is 0 Å². The number of methoxy groups -OCH3 is 1. The molecule has 1 saturated carbocycles. The van der Waals surface area contributed by atoms with E-state index in [9.17, 15) is 9.59 Å². The van der Waals surface area contributed by atoms with Crippen LogP contribution in [0.3, 0.4) is 0 Å². The molecule has 0 atom stereocenters. The smallest absolute Gasteiger partial charge is 0.317 e. The number of piperazine rings is 1. The van der Waals surface area contributed by atoms with E-state index in [1.165, 1.54) is 0 Å². The van der Waals surface area contributed by atoms with Gasteiger partial charge in [0.15, 0.2) is 0 Å². The fourth-order valence-corrected chi connectivity index (χ4v) is 2.44. The minimum atomic E-state index is -0.821. The number of urea groups is 1. The number of carboxylic acids is 1. The van der Waals surface area contributed by atoms with E-state index in [0.29, 0.717) is 26.2 Å². The third kappa shape index (κ3) is 3.81. The summed E-state index contributed by atoms with van der Waals surface area (Å²) in [4.78, 5) is 26.1. The van der Waals surface area contributed by atoms with Gasteiger partial charge in [-0.2, -0.15) is 0 Å². The van der Waals surface area contributed by atoms with Crippen molar-refractivity contribution in [2.75, 3.05) is 39.8 Å². The van der Waals surface area contributed by atoms with E-state index in [4.69, 9.17) is 9.84 Å². The van der Waals surface area contributed by atoms with Crippen LogP contribution < -0.4 is 5.32 Å². The molecule has 1 aliphatic heterocycles. The van der Waals surface area contributed by atoms with Crippen LogP contribution in [-0.4, -0.2) is 78.9 Å². The van der Waals surface area contributed by atoms with Crippen molar-refractivity contribution in [3.63, 3.8) is 0 Å².